The van der Waals surface area contributed by atoms with Gasteiger partial charge in [-0.1, -0.05) is 35.5 Å². The fourth-order valence-electron chi connectivity index (χ4n) is 1.15. The van der Waals surface area contributed by atoms with Crippen LogP contribution in [0.4, 0.5) is 0 Å². The van der Waals surface area contributed by atoms with Crippen molar-refractivity contribution in [3.05, 3.63) is 35.9 Å². The summed E-state index contributed by atoms with van der Waals surface area (Å²) in [6.07, 6.45) is -0.0195. The summed E-state index contributed by atoms with van der Waals surface area (Å²) in [5.41, 5.74) is 0.582. The number of ether oxygens (including phenoxy) is 1. The number of hydrogen-bond acceptors (Lipinski definition) is 4. The molecule has 0 fully saturated rings. The Labute approximate surface area is 88.2 Å². The van der Waals surface area contributed by atoms with Crippen molar-refractivity contribution in [2.24, 2.45) is 5.16 Å². The van der Waals surface area contributed by atoms with Crippen LogP contribution in [0.1, 0.15) is 23.7 Å². The molecule has 0 aliphatic rings. The first-order valence-corrected chi connectivity index (χ1v) is 4.70. The van der Waals surface area contributed by atoms with E-state index in [9.17, 15) is 4.79 Å². The molecule has 15 heavy (non-hydrogen) atoms. The average Bonchev–Trinajstić information content (AvgIpc) is 2.29. The smallest absolute Gasteiger partial charge is 0.233 e. The van der Waals surface area contributed by atoms with Crippen LogP contribution in [0, 0.1) is 0 Å². The molecule has 1 aromatic rings. The summed E-state index contributed by atoms with van der Waals surface area (Å²) in [5.74, 6) is -0.0804. The lowest BCUT2D eigenvalue weighted by atomic mass is 10.1. The maximum atomic E-state index is 11.6. The molecule has 80 valence electrons. The van der Waals surface area contributed by atoms with Crippen LogP contribution in [0.25, 0.3) is 0 Å². The molecule has 0 atom stereocenters. The third kappa shape index (κ3) is 3.42. The van der Waals surface area contributed by atoms with E-state index in [0.29, 0.717) is 12.2 Å². The molecule has 0 bridgehead atoms. The minimum absolute atomic E-state index is 0.0195. The molecule has 1 N–H and O–H groups in total. The van der Waals surface area contributed by atoms with Gasteiger partial charge in [-0.15, -0.1) is 0 Å². The lowest BCUT2D eigenvalue weighted by Crippen LogP contribution is -2.11. The van der Waals surface area contributed by atoms with E-state index in [-0.39, 0.29) is 18.1 Å². The Morgan fingerprint density at radius 3 is 2.60 bits per heavy atom. The number of carbonyl (C=O) groups is 1. The van der Waals surface area contributed by atoms with Crippen molar-refractivity contribution in [2.45, 2.75) is 13.3 Å². The van der Waals surface area contributed by atoms with Crippen LogP contribution < -0.4 is 0 Å². The van der Waals surface area contributed by atoms with Gasteiger partial charge in [0, 0.05) is 5.56 Å². The maximum Gasteiger partial charge on any atom is 0.233 e. The minimum atomic E-state index is -0.128. The standard InChI is InChI=1S/C11H13NO3/c1-2-15-11(12-14)8-10(13)9-6-4-3-5-7-9/h3-7,14H,2,8H2,1H3/b12-11-. The molecule has 0 saturated heterocycles. The van der Waals surface area contributed by atoms with Crippen molar-refractivity contribution >= 4 is 11.7 Å². The second kappa shape index (κ2) is 5.80. The molecule has 4 heteroatoms. The molecule has 0 aliphatic heterocycles. The predicted octanol–water partition coefficient (Wildman–Crippen LogP) is 2.08. The number of rotatable bonds is 4. The van der Waals surface area contributed by atoms with E-state index in [0.717, 1.165) is 0 Å². The number of carbonyl (C=O) groups excluding carboxylic acids is 1. The van der Waals surface area contributed by atoms with Crippen molar-refractivity contribution in [1.82, 2.24) is 0 Å². The van der Waals surface area contributed by atoms with Crippen LogP contribution >= 0.6 is 0 Å². The van der Waals surface area contributed by atoms with Gasteiger partial charge in [-0.3, -0.25) is 4.79 Å². The van der Waals surface area contributed by atoms with Crippen molar-refractivity contribution in [2.75, 3.05) is 6.61 Å². The van der Waals surface area contributed by atoms with E-state index in [1.54, 1.807) is 31.2 Å². The maximum absolute atomic E-state index is 11.6. The summed E-state index contributed by atoms with van der Waals surface area (Å²) in [6, 6.07) is 8.82. The lowest BCUT2D eigenvalue weighted by Gasteiger charge is -2.04. The van der Waals surface area contributed by atoms with Crippen molar-refractivity contribution in [3.63, 3.8) is 0 Å². The molecule has 1 aromatic carbocycles. The first kappa shape index (κ1) is 11.2. The van der Waals surface area contributed by atoms with E-state index in [4.69, 9.17) is 9.94 Å². The number of hydrogen-bond donors (Lipinski definition) is 1. The summed E-state index contributed by atoms with van der Waals surface area (Å²) in [6.45, 7) is 2.14. The second-order valence-electron chi connectivity index (χ2n) is 2.89. The molecule has 0 aromatic heterocycles. The van der Waals surface area contributed by atoms with Crippen molar-refractivity contribution in [3.8, 4) is 0 Å². The Morgan fingerprint density at radius 2 is 2.07 bits per heavy atom. The van der Waals surface area contributed by atoms with E-state index >= 15 is 0 Å². The van der Waals surface area contributed by atoms with E-state index in [2.05, 4.69) is 5.16 Å². The predicted molar refractivity (Wildman–Crippen MR) is 56.2 cm³/mol. The highest BCUT2D eigenvalue weighted by atomic mass is 16.5. The third-order valence-electron chi connectivity index (χ3n) is 1.83. The molecule has 1 rings (SSSR count). The first-order chi connectivity index (χ1) is 7.27. The molecule has 0 unspecified atom stereocenters. The largest absolute Gasteiger partial charge is 0.479 e. The van der Waals surface area contributed by atoms with Gasteiger partial charge in [0.15, 0.2) is 5.78 Å². The zero-order valence-electron chi connectivity index (χ0n) is 8.51. The lowest BCUT2D eigenvalue weighted by molar-refractivity contribution is 0.0990. The van der Waals surface area contributed by atoms with E-state index in [1.807, 2.05) is 6.07 Å². The summed E-state index contributed by atoms with van der Waals surface area (Å²) in [4.78, 5) is 11.6. The van der Waals surface area contributed by atoms with Gasteiger partial charge in [0.25, 0.3) is 0 Å². The molecule has 0 aliphatic carbocycles. The zero-order chi connectivity index (χ0) is 11.1. The molecule has 0 saturated carbocycles. The number of nitrogens with zero attached hydrogens (tertiary/aromatic N) is 1. The van der Waals surface area contributed by atoms with Crippen LogP contribution in [0.2, 0.25) is 0 Å². The minimum Gasteiger partial charge on any atom is -0.479 e. The molecule has 0 heterocycles. The Bertz CT molecular complexity index is 346. The Balaban J connectivity index is 2.63. The van der Waals surface area contributed by atoms with Crippen molar-refractivity contribution < 1.29 is 14.7 Å². The summed E-state index contributed by atoms with van der Waals surface area (Å²) in [5, 5.41) is 11.5. The van der Waals surface area contributed by atoms with Crippen LogP contribution in [0.15, 0.2) is 35.5 Å². The Morgan fingerprint density at radius 1 is 1.40 bits per heavy atom. The van der Waals surface area contributed by atoms with Gasteiger partial charge in [-0.2, -0.15) is 0 Å². The average molecular weight is 207 g/mol. The topological polar surface area (TPSA) is 58.9 Å². The van der Waals surface area contributed by atoms with Gasteiger partial charge in [0.1, 0.15) is 0 Å². The fourth-order valence-corrected chi connectivity index (χ4v) is 1.15. The Hall–Kier alpha value is -1.84. The zero-order valence-corrected chi connectivity index (χ0v) is 8.51. The second-order valence-corrected chi connectivity index (χ2v) is 2.89. The van der Waals surface area contributed by atoms with Crippen LogP contribution in [0.5, 0.6) is 0 Å². The van der Waals surface area contributed by atoms with Gasteiger partial charge < -0.3 is 9.94 Å². The molecule has 0 amide bonds. The highest BCUT2D eigenvalue weighted by molar-refractivity contribution is 6.07. The fraction of sp³-hybridized carbons (Fsp3) is 0.273. The molecular weight excluding hydrogens is 194 g/mol. The summed E-state index contributed by atoms with van der Waals surface area (Å²) in [7, 11) is 0. The van der Waals surface area contributed by atoms with Gasteiger partial charge >= 0.3 is 0 Å². The monoisotopic (exact) mass is 207 g/mol. The number of benzene rings is 1. The highest BCUT2D eigenvalue weighted by Crippen LogP contribution is 2.04. The molecule has 0 radical (unpaired) electrons. The highest BCUT2D eigenvalue weighted by Gasteiger charge is 2.10. The Kier molecular flexibility index (Phi) is 4.34. The van der Waals surface area contributed by atoms with Crippen molar-refractivity contribution in [1.29, 1.82) is 0 Å². The van der Waals surface area contributed by atoms with Crippen LogP contribution in [-0.4, -0.2) is 23.5 Å². The third-order valence-corrected chi connectivity index (χ3v) is 1.83. The summed E-state index contributed by atoms with van der Waals surface area (Å²) < 4.78 is 4.96. The number of ketones is 1. The van der Waals surface area contributed by atoms with Gasteiger partial charge in [-0.05, 0) is 6.92 Å². The number of oxime groups is 1. The molecule has 0 spiro atoms. The normalized spacial score (nSPS) is 11.1. The van der Waals surface area contributed by atoms with E-state index < -0.39 is 0 Å². The van der Waals surface area contributed by atoms with Gasteiger partial charge in [0.2, 0.25) is 5.90 Å². The van der Waals surface area contributed by atoms with E-state index in [1.165, 1.54) is 0 Å². The van der Waals surface area contributed by atoms with Gasteiger partial charge in [-0.25, -0.2) is 0 Å². The SMILES string of the molecule is CCO/C(CC(=O)c1ccccc1)=N\O. The quantitative estimate of drug-likeness (QED) is 0.270. The summed E-state index contributed by atoms with van der Waals surface area (Å²) >= 11 is 0. The van der Waals surface area contributed by atoms with Crippen LogP contribution in [-0.2, 0) is 4.74 Å². The number of Topliss-reactive ketones (excluding diaryl/α,β-unsaturated/α-hetero) is 1. The first-order valence-electron chi connectivity index (χ1n) is 4.70. The van der Waals surface area contributed by atoms with Crippen LogP contribution in [0.3, 0.4) is 0 Å². The molecular formula is C11H13NO3. The van der Waals surface area contributed by atoms with Gasteiger partial charge in [0.05, 0.1) is 13.0 Å². The molecule has 4 nitrogen and oxygen atoms in total.